The average Bonchev–Trinajstić information content (AvgIpc) is 1.86. The van der Waals surface area contributed by atoms with Crippen molar-refractivity contribution in [3.63, 3.8) is 0 Å². The van der Waals surface area contributed by atoms with Crippen LogP contribution in [0.25, 0.3) is 0 Å². The first-order valence-electron chi connectivity index (χ1n) is 1.88. The third-order valence-corrected chi connectivity index (χ3v) is 1.56. The molecule has 1 aliphatic rings. The lowest BCUT2D eigenvalue weighted by atomic mass is 10.9. The van der Waals surface area contributed by atoms with Gasteiger partial charge >= 0.3 is 0 Å². The number of hydrogen-bond acceptors (Lipinski definition) is 2. The van der Waals surface area contributed by atoms with Gasteiger partial charge in [0.1, 0.15) is 0 Å². The molecule has 1 rings (SSSR count). The lowest BCUT2D eigenvalue weighted by molar-refractivity contribution is 0.552. The van der Waals surface area contributed by atoms with E-state index in [1.807, 2.05) is 11.8 Å². The summed E-state index contributed by atoms with van der Waals surface area (Å²) in [5.74, 6) is 1.12. The van der Waals surface area contributed by atoms with Crippen LogP contribution in [0.3, 0.4) is 0 Å². The molecule has 0 aliphatic carbocycles. The first kappa shape index (κ1) is 4.06. The predicted octanol–water partition coefficient (Wildman–Crippen LogP) is 1.09. The Morgan fingerprint density at radius 2 is 2.67 bits per heavy atom. The van der Waals surface area contributed by atoms with Gasteiger partial charge in [0.25, 0.3) is 0 Å². The summed E-state index contributed by atoms with van der Waals surface area (Å²) in [6.45, 7) is 0. The van der Waals surface area contributed by atoms with Gasteiger partial charge in [-0.05, 0) is 5.41 Å². The van der Waals surface area contributed by atoms with Crippen LogP contribution < -0.4 is 0 Å². The van der Waals surface area contributed by atoms with Crippen LogP contribution >= 0.6 is 11.8 Å². The molecule has 0 aromatic heterocycles. The van der Waals surface area contributed by atoms with Gasteiger partial charge in [-0.2, -0.15) is 0 Å². The Bertz CT molecular complexity index is 69.9. The molecular formula is C4H7NS. The zero-order chi connectivity index (χ0) is 4.41. The molecule has 1 heterocycles. The van der Waals surface area contributed by atoms with Crippen LogP contribution in [0.15, 0.2) is 11.6 Å². The van der Waals surface area contributed by atoms with Crippen molar-refractivity contribution < 1.29 is 0 Å². The molecular weight excluding hydrogens is 94.1 g/mol. The summed E-state index contributed by atoms with van der Waals surface area (Å²) in [5, 5.41) is 2.10. The third kappa shape index (κ3) is 0.684. The SMILES string of the molecule is CN1C=CSC1. The first-order valence-corrected chi connectivity index (χ1v) is 2.93. The highest BCUT2D eigenvalue weighted by atomic mass is 32.2. The largest absolute Gasteiger partial charge is 0.370 e. The molecule has 0 unspecified atom stereocenters. The quantitative estimate of drug-likeness (QED) is 0.449. The van der Waals surface area contributed by atoms with Gasteiger partial charge < -0.3 is 4.90 Å². The number of thioether (sulfide) groups is 1. The van der Waals surface area contributed by atoms with Crippen LogP contribution in [-0.2, 0) is 0 Å². The first-order chi connectivity index (χ1) is 2.89. The van der Waals surface area contributed by atoms with Crippen LogP contribution in [0.5, 0.6) is 0 Å². The molecule has 1 aliphatic heterocycles. The predicted molar refractivity (Wildman–Crippen MR) is 29.4 cm³/mol. The van der Waals surface area contributed by atoms with Crippen molar-refractivity contribution in [1.82, 2.24) is 4.90 Å². The summed E-state index contributed by atoms with van der Waals surface area (Å²) in [7, 11) is 2.07. The van der Waals surface area contributed by atoms with Crippen molar-refractivity contribution in [2.75, 3.05) is 12.9 Å². The molecule has 0 spiro atoms. The highest BCUT2D eigenvalue weighted by molar-refractivity contribution is 8.02. The molecule has 34 valence electrons. The van der Waals surface area contributed by atoms with Gasteiger partial charge in [0.2, 0.25) is 0 Å². The summed E-state index contributed by atoms with van der Waals surface area (Å²) in [4.78, 5) is 2.14. The molecule has 0 N–H and O–H groups in total. The average molecular weight is 101 g/mol. The van der Waals surface area contributed by atoms with Crippen LogP contribution in [0.4, 0.5) is 0 Å². The second-order valence-corrected chi connectivity index (χ2v) is 2.20. The van der Waals surface area contributed by atoms with Crippen LogP contribution in [0.2, 0.25) is 0 Å². The summed E-state index contributed by atoms with van der Waals surface area (Å²) in [6, 6.07) is 0. The zero-order valence-electron chi connectivity index (χ0n) is 3.72. The highest BCUT2D eigenvalue weighted by Crippen LogP contribution is 2.11. The normalized spacial score (nSPS) is 19.8. The van der Waals surface area contributed by atoms with E-state index in [1.165, 1.54) is 0 Å². The van der Waals surface area contributed by atoms with E-state index in [0.717, 1.165) is 5.88 Å². The molecule has 0 aromatic carbocycles. The Balaban J connectivity index is 2.38. The summed E-state index contributed by atoms with van der Waals surface area (Å²) >= 11 is 1.83. The Kier molecular flexibility index (Phi) is 1.05. The van der Waals surface area contributed by atoms with Gasteiger partial charge in [-0.15, -0.1) is 11.8 Å². The molecule has 0 radical (unpaired) electrons. The lowest BCUT2D eigenvalue weighted by Gasteiger charge is -2.01. The minimum Gasteiger partial charge on any atom is -0.370 e. The van der Waals surface area contributed by atoms with E-state index in [-0.39, 0.29) is 0 Å². The number of nitrogens with zero attached hydrogens (tertiary/aromatic N) is 1. The van der Waals surface area contributed by atoms with E-state index in [0.29, 0.717) is 0 Å². The summed E-state index contributed by atoms with van der Waals surface area (Å²) in [6.07, 6.45) is 2.07. The highest BCUT2D eigenvalue weighted by Gasteiger charge is 1.93. The zero-order valence-corrected chi connectivity index (χ0v) is 4.53. The standard InChI is InChI=1S/C4H7NS/c1-5-2-3-6-4-5/h2-3H,4H2,1H3. The maximum absolute atomic E-state index is 2.14. The van der Waals surface area contributed by atoms with E-state index in [4.69, 9.17) is 0 Å². The fourth-order valence-electron chi connectivity index (χ4n) is 0.351. The Hall–Kier alpha value is -0.110. The Morgan fingerprint density at radius 1 is 1.83 bits per heavy atom. The van der Waals surface area contributed by atoms with Crippen molar-refractivity contribution in [2.24, 2.45) is 0 Å². The molecule has 0 aromatic rings. The van der Waals surface area contributed by atoms with Gasteiger partial charge in [-0.1, -0.05) is 0 Å². The maximum Gasteiger partial charge on any atom is 0.0671 e. The van der Waals surface area contributed by atoms with Gasteiger partial charge in [0.05, 0.1) is 5.88 Å². The molecule has 0 amide bonds. The molecule has 0 atom stereocenters. The van der Waals surface area contributed by atoms with Gasteiger partial charge in [-0.3, -0.25) is 0 Å². The van der Waals surface area contributed by atoms with E-state index >= 15 is 0 Å². The fraction of sp³-hybridized carbons (Fsp3) is 0.500. The van der Waals surface area contributed by atoms with E-state index < -0.39 is 0 Å². The third-order valence-electron chi connectivity index (χ3n) is 0.690. The van der Waals surface area contributed by atoms with Crippen molar-refractivity contribution >= 4 is 11.8 Å². The molecule has 0 saturated carbocycles. The molecule has 0 bridgehead atoms. The van der Waals surface area contributed by atoms with Crippen molar-refractivity contribution in [1.29, 1.82) is 0 Å². The molecule has 1 nitrogen and oxygen atoms in total. The van der Waals surface area contributed by atoms with Crippen molar-refractivity contribution in [2.45, 2.75) is 0 Å². The van der Waals surface area contributed by atoms with Gasteiger partial charge in [0, 0.05) is 13.2 Å². The number of rotatable bonds is 0. The molecule has 0 fully saturated rings. The second kappa shape index (κ2) is 1.56. The minimum atomic E-state index is 1.12. The van der Waals surface area contributed by atoms with Crippen LogP contribution in [0.1, 0.15) is 0 Å². The van der Waals surface area contributed by atoms with Crippen LogP contribution in [-0.4, -0.2) is 17.8 Å². The van der Waals surface area contributed by atoms with E-state index in [9.17, 15) is 0 Å². The van der Waals surface area contributed by atoms with E-state index in [1.54, 1.807) is 0 Å². The minimum absolute atomic E-state index is 1.12. The number of hydrogen-bond donors (Lipinski definition) is 0. The van der Waals surface area contributed by atoms with Gasteiger partial charge in [-0.25, -0.2) is 0 Å². The molecule has 6 heavy (non-hydrogen) atoms. The van der Waals surface area contributed by atoms with E-state index in [2.05, 4.69) is 23.6 Å². The van der Waals surface area contributed by atoms with Gasteiger partial charge in [0.15, 0.2) is 0 Å². The lowest BCUT2D eigenvalue weighted by Crippen LogP contribution is -2.02. The summed E-state index contributed by atoms with van der Waals surface area (Å²) in [5.41, 5.74) is 0. The topological polar surface area (TPSA) is 3.24 Å². The van der Waals surface area contributed by atoms with Crippen molar-refractivity contribution in [3.8, 4) is 0 Å². The Morgan fingerprint density at radius 3 is 2.83 bits per heavy atom. The Labute approximate surface area is 42.0 Å². The van der Waals surface area contributed by atoms with Crippen LogP contribution in [0, 0.1) is 0 Å². The maximum atomic E-state index is 2.14. The summed E-state index contributed by atoms with van der Waals surface area (Å²) < 4.78 is 0. The smallest absolute Gasteiger partial charge is 0.0671 e. The second-order valence-electron chi connectivity index (χ2n) is 1.34. The molecule has 0 saturated heterocycles. The molecule has 2 heteroatoms. The fourth-order valence-corrected chi connectivity index (χ4v) is 1.05. The monoisotopic (exact) mass is 101 g/mol. The van der Waals surface area contributed by atoms with Crippen molar-refractivity contribution in [3.05, 3.63) is 11.6 Å².